The lowest BCUT2D eigenvalue weighted by atomic mass is 9.85. The molecule has 1 heterocycles. The molecule has 4 heteroatoms. The third-order valence-electron chi connectivity index (χ3n) is 3.31. The molecule has 1 aliphatic rings. The summed E-state index contributed by atoms with van der Waals surface area (Å²) in [5, 5.41) is 12.5. The predicted octanol–water partition coefficient (Wildman–Crippen LogP) is 1.96. The molecule has 1 aromatic heterocycles. The van der Waals surface area contributed by atoms with Crippen LogP contribution in [0.1, 0.15) is 37.2 Å². The maximum atomic E-state index is 9.09. The lowest BCUT2D eigenvalue weighted by Gasteiger charge is -2.27. The zero-order valence-electron chi connectivity index (χ0n) is 10.2. The van der Waals surface area contributed by atoms with Crippen LogP contribution in [0.25, 0.3) is 0 Å². The van der Waals surface area contributed by atoms with Gasteiger partial charge in [-0.2, -0.15) is 5.26 Å². The van der Waals surface area contributed by atoms with Gasteiger partial charge < -0.3 is 5.32 Å². The SMILES string of the molecule is Cc1nccc(CNC2CCCCC2C#N)n1. The summed E-state index contributed by atoms with van der Waals surface area (Å²) in [6.45, 7) is 2.62. The van der Waals surface area contributed by atoms with Crippen molar-refractivity contribution in [2.75, 3.05) is 0 Å². The van der Waals surface area contributed by atoms with Crippen molar-refractivity contribution in [3.8, 4) is 6.07 Å². The summed E-state index contributed by atoms with van der Waals surface area (Å²) in [5.74, 6) is 0.955. The van der Waals surface area contributed by atoms with E-state index in [2.05, 4.69) is 21.4 Å². The molecule has 0 amide bonds. The van der Waals surface area contributed by atoms with Gasteiger partial charge in [0.2, 0.25) is 0 Å². The molecule has 0 bridgehead atoms. The summed E-state index contributed by atoms with van der Waals surface area (Å²) in [4.78, 5) is 8.43. The van der Waals surface area contributed by atoms with E-state index in [1.807, 2.05) is 13.0 Å². The Kier molecular flexibility index (Phi) is 4.05. The average Bonchev–Trinajstić information content (AvgIpc) is 2.37. The highest BCUT2D eigenvalue weighted by molar-refractivity contribution is 5.02. The largest absolute Gasteiger partial charge is 0.307 e. The van der Waals surface area contributed by atoms with Crippen LogP contribution < -0.4 is 5.32 Å². The summed E-state index contributed by atoms with van der Waals surface area (Å²) in [5.41, 5.74) is 1.000. The van der Waals surface area contributed by atoms with Crippen LogP contribution in [0.2, 0.25) is 0 Å². The van der Waals surface area contributed by atoms with Gasteiger partial charge in [-0.05, 0) is 25.8 Å². The molecule has 4 nitrogen and oxygen atoms in total. The number of hydrogen-bond acceptors (Lipinski definition) is 4. The van der Waals surface area contributed by atoms with E-state index in [1.54, 1.807) is 6.20 Å². The Bertz CT molecular complexity index is 410. The van der Waals surface area contributed by atoms with Gasteiger partial charge in [0, 0.05) is 18.8 Å². The minimum absolute atomic E-state index is 0.159. The molecule has 1 N–H and O–H groups in total. The van der Waals surface area contributed by atoms with Crippen molar-refractivity contribution in [1.82, 2.24) is 15.3 Å². The Morgan fingerprint density at radius 1 is 1.47 bits per heavy atom. The Morgan fingerprint density at radius 3 is 3.06 bits per heavy atom. The van der Waals surface area contributed by atoms with E-state index in [1.165, 1.54) is 12.8 Å². The summed E-state index contributed by atoms with van der Waals surface area (Å²) < 4.78 is 0. The first-order chi connectivity index (χ1) is 8.29. The highest BCUT2D eigenvalue weighted by atomic mass is 15.0. The molecule has 90 valence electrons. The molecule has 2 atom stereocenters. The summed E-state index contributed by atoms with van der Waals surface area (Å²) in [7, 11) is 0. The normalized spacial score (nSPS) is 24.2. The molecular formula is C13H18N4. The maximum absolute atomic E-state index is 9.09. The van der Waals surface area contributed by atoms with Gasteiger partial charge in [0.25, 0.3) is 0 Å². The van der Waals surface area contributed by atoms with Gasteiger partial charge in [-0.25, -0.2) is 9.97 Å². The molecule has 0 spiro atoms. The van der Waals surface area contributed by atoms with Crippen molar-refractivity contribution in [3.63, 3.8) is 0 Å². The lowest BCUT2D eigenvalue weighted by molar-refractivity contribution is 0.310. The molecule has 1 aliphatic carbocycles. The van der Waals surface area contributed by atoms with Gasteiger partial charge in [0.1, 0.15) is 5.82 Å². The number of nitrogens with zero attached hydrogens (tertiary/aromatic N) is 3. The summed E-state index contributed by atoms with van der Waals surface area (Å²) in [6.07, 6.45) is 6.31. The van der Waals surface area contributed by atoms with Crippen LogP contribution in [0.4, 0.5) is 0 Å². The smallest absolute Gasteiger partial charge is 0.125 e. The van der Waals surface area contributed by atoms with Crippen LogP contribution in [0.5, 0.6) is 0 Å². The van der Waals surface area contributed by atoms with Crippen molar-refractivity contribution < 1.29 is 0 Å². The van der Waals surface area contributed by atoms with Crippen molar-refractivity contribution >= 4 is 0 Å². The van der Waals surface area contributed by atoms with E-state index in [0.717, 1.165) is 30.9 Å². The Hall–Kier alpha value is -1.47. The van der Waals surface area contributed by atoms with Crippen molar-refractivity contribution in [2.24, 2.45) is 5.92 Å². The molecule has 0 radical (unpaired) electrons. The molecule has 1 saturated carbocycles. The fourth-order valence-electron chi connectivity index (χ4n) is 2.37. The maximum Gasteiger partial charge on any atom is 0.125 e. The third-order valence-corrected chi connectivity index (χ3v) is 3.31. The second-order valence-corrected chi connectivity index (χ2v) is 4.60. The second-order valence-electron chi connectivity index (χ2n) is 4.60. The quantitative estimate of drug-likeness (QED) is 0.862. The van der Waals surface area contributed by atoms with Crippen molar-refractivity contribution in [3.05, 3.63) is 23.8 Å². The monoisotopic (exact) mass is 230 g/mol. The standard InChI is InChI=1S/C13H18N4/c1-10-15-7-6-12(17-10)9-16-13-5-3-2-4-11(13)8-14/h6-7,11,13,16H,2-5,9H2,1H3. The van der Waals surface area contributed by atoms with Crippen LogP contribution in [0.15, 0.2) is 12.3 Å². The fraction of sp³-hybridized carbons (Fsp3) is 0.615. The summed E-state index contributed by atoms with van der Waals surface area (Å²) >= 11 is 0. The first-order valence-electron chi connectivity index (χ1n) is 6.21. The van der Waals surface area contributed by atoms with Gasteiger partial charge in [-0.3, -0.25) is 0 Å². The minimum atomic E-state index is 0.159. The van der Waals surface area contributed by atoms with E-state index in [0.29, 0.717) is 6.04 Å². The zero-order valence-corrected chi connectivity index (χ0v) is 10.2. The molecule has 1 fully saturated rings. The van der Waals surface area contributed by atoms with E-state index in [9.17, 15) is 0 Å². The van der Waals surface area contributed by atoms with Gasteiger partial charge in [0.15, 0.2) is 0 Å². The first-order valence-corrected chi connectivity index (χ1v) is 6.21. The van der Waals surface area contributed by atoms with Crippen LogP contribution in [0, 0.1) is 24.2 Å². The van der Waals surface area contributed by atoms with Crippen LogP contribution in [-0.2, 0) is 6.54 Å². The van der Waals surface area contributed by atoms with Crippen LogP contribution >= 0.6 is 0 Å². The predicted molar refractivity (Wildman–Crippen MR) is 65.0 cm³/mol. The highest BCUT2D eigenvalue weighted by Gasteiger charge is 2.24. The molecule has 0 aliphatic heterocycles. The van der Waals surface area contributed by atoms with Crippen molar-refractivity contribution in [2.45, 2.75) is 45.2 Å². The number of hydrogen-bond donors (Lipinski definition) is 1. The molecule has 1 aromatic rings. The Morgan fingerprint density at radius 2 is 2.29 bits per heavy atom. The molecule has 2 rings (SSSR count). The van der Waals surface area contributed by atoms with Gasteiger partial charge in [-0.1, -0.05) is 12.8 Å². The van der Waals surface area contributed by atoms with Crippen LogP contribution in [-0.4, -0.2) is 16.0 Å². The average molecular weight is 230 g/mol. The number of aromatic nitrogens is 2. The molecule has 0 saturated heterocycles. The summed E-state index contributed by atoms with van der Waals surface area (Å²) in [6, 6.07) is 4.65. The topological polar surface area (TPSA) is 61.6 Å². The van der Waals surface area contributed by atoms with Crippen LogP contribution in [0.3, 0.4) is 0 Å². The first kappa shape index (κ1) is 12.0. The van der Waals surface area contributed by atoms with Gasteiger partial charge >= 0.3 is 0 Å². The van der Waals surface area contributed by atoms with E-state index < -0.39 is 0 Å². The van der Waals surface area contributed by atoms with E-state index in [4.69, 9.17) is 5.26 Å². The van der Waals surface area contributed by atoms with Gasteiger partial charge in [0.05, 0.1) is 17.7 Å². The van der Waals surface area contributed by atoms with E-state index >= 15 is 0 Å². The number of nitrogens with one attached hydrogen (secondary N) is 1. The van der Waals surface area contributed by atoms with E-state index in [-0.39, 0.29) is 5.92 Å². The van der Waals surface area contributed by atoms with Crippen molar-refractivity contribution in [1.29, 1.82) is 5.26 Å². The Balaban J connectivity index is 1.91. The second kappa shape index (κ2) is 5.74. The molecular weight excluding hydrogens is 212 g/mol. The minimum Gasteiger partial charge on any atom is -0.307 e. The third kappa shape index (κ3) is 3.24. The highest BCUT2D eigenvalue weighted by Crippen LogP contribution is 2.23. The number of aryl methyl sites for hydroxylation is 1. The number of nitriles is 1. The number of rotatable bonds is 3. The van der Waals surface area contributed by atoms with Gasteiger partial charge in [-0.15, -0.1) is 0 Å². The molecule has 17 heavy (non-hydrogen) atoms. The zero-order chi connectivity index (χ0) is 12.1. The molecule has 2 unspecified atom stereocenters. The fourth-order valence-corrected chi connectivity index (χ4v) is 2.37. The lowest BCUT2D eigenvalue weighted by Crippen LogP contribution is -2.37. The molecule has 0 aromatic carbocycles. The Labute approximate surface area is 102 Å².